The van der Waals surface area contributed by atoms with E-state index in [1.807, 2.05) is 0 Å². The fourth-order valence-electron chi connectivity index (χ4n) is 1.25. The average Bonchev–Trinajstić information content (AvgIpc) is 2.18. The van der Waals surface area contributed by atoms with E-state index in [1.165, 1.54) is 19.3 Å². The molecule has 0 aromatic carbocycles. The molecular formula is C13H18. The Morgan fingerprint density at radius 3 is 1.31 bits per heavy atom. The fourth-order valence-corrected chi connectivity index (χ4v) is 1.25. The van der Waals surface area contributed by atoms with Gasteiger partial charge in [0.2, 0.25) is 0 Å². The van der Waals surface area contributed by atoms with Crippen LogP contribution in [0.4, 0.5) is 0 Å². The molecule has 0 amide bonds. The van der Waals surface area contributed by atoms with Crippen LogP contribution in [0.15, 0.2) is 48.6 Å². The van der Waals surface area contributed by atoms with Gasteiger partial charge in [-0.1, -0.05) is 48.6 Å². The van der Waals surface area contributed by atoms with Crippen molar-refractivity contribution in [2.45, 2.75) is 32.1 Å². The second-order valence-electron chi connectivity index (χ2n) is 3.22. The van der Waals surface area contributed by atoms with Crippen molar-refractivity contribution in [3.8, 4) is 0 Å². The number of hydrogen-bond acceptors (Lipinski definition) is 0. The summed E-state index contributed by atoms with van der Waals surface area (Å²) in [5, 5.41) is 0. The van der Waals surface area contributed by atoms with Gasteiger partial charge in [0.1, 0.15) is 0 Å². The van der Waals surface area contributed by atoms with Crippen LogP contribution < -0.4 is 0 Å². The van der Waals surface area contributed by atoms with Gasteiger partial charge in [0.25, 0.3) is 0 Å². The van der Waals surface area contributed by atoms with Gasteiger partial charge in [-0.15, -0.1) is 0 Å². The van der Waals surface area contributed by atoms with Crippen molar-refractivity contribution < 1.29 is 0 Å². The van der Waals surface area contributed by atoms with Crippen LogP contribution in [-0.2, 0) is 0 Å². The lowest BCUT2D eigenvalue weighted by Crippen LogP contribution is -1.67. The molecule has 0 heteroatoms. The molecule has 1 rings (SSSR count). The zero-order valence-corrected chi connectivity index (χ0v) is 8.15. The van der Waals surface area contributed by atoms with Crippen molar-refractivity contribution in [1.29, 1.82) is 0 Å². The van der Waals surface area contributed by atoms with Gasteiger partial charge in [0.05, 0.1) is 0 Å². The summed E-state index contributed by atoms with van der Waals surface area (Å²) in [6, 6.07) is 0. The minimum atomic E-state index is 1.15. The highest BCUT2D eigenvalue weighted by atomic mass is 13.9. The van der Waals surface area contributed by atoms with E-state index in [-0.39, 0.29) is 0 Å². The van der Waals surface area contributed by atoms with E-state index in [0.717, 1.165) is 12.8 Å². The summed E-state index contributed by atoms with van der Waals surface area (Å²) in [4.78, 5) is 0. The van der Waals surface area contributed by atoms with E-state index < -0.39 is 0 Å². The van der Waals surface area contributed by atoms with Gasteiger partial charge >= 0.3 is 0 Å². The quantitative estimate of drug-likeness (QED) is 0.517. The molecule has 0 aromatic heterocycles. The monoisotopic (exact) mass is 174 g/mol. The number of allylic oxidation sites excluding steroid dienone is 8. The van der Waals surface area contributed by atoms with Gasteiger partial charge < -0.3 is 0 Å². The van der Waals surface area contributed by atoms with Crippen LogP contribution in [0.1, 0.15) is 32.1 Å². The molecule has 1 aliphatic carbocycles. The molecular weight excluding hydrogens is 156 g/mol. The van der Waals surface area contributed by atoms with Gasteiger partial charge in [0.15, 0.2) is 0 Å². The third-order valence-corrected chi connectivity index (χ3v) is 2.01. The van der Waals surface area contributed by atoms with E-state index in [0.29, 0.717) is 0 Å². The molecule has 0 bridgehead atoms. The first-order valence-electron chi connectivity index (χ1n) is 5.13. The summed E-state index contributed by atoms with van der Waals surface area (Å²) in [7, 11) is 0. The van der Waals surface area contributed by atoms with Crippen LogP contribution in [0.2, 0.25) is 0 Å². The lowest BCUT2D eigenvalue weighted by molar-refractivity contribution is 0.868. The zero-order chi connectivity index (χ0) is 9.19. The van der Waals surface area contributed by atoms with E-state index in [4.69, 9.17) is 0 Å². The lowest BCUT2D eigenvalue weighted by Gasteiger charge is -1.87. The van der Waals surface area contributed by atoms with Gasteiger partial charge in [-0.2, -0.15) is 0 Å². The maximum Gasteiger partial charge on any atom is -0.0313 e. The van der Waals surface area contributed by atoms with E-state index in [2.05, 4.69) is 48.6 Å². The standard InChI is InChI=1S/C13H18/c1-2-4-6-8-10-12-13-11-9-7-5-3-1/h1-4,9,11-13H,5-8,10H2/b3-1?,4-2+,11-9?,13-12?. The molecule has 0 nitrogen and oxygen atoms in total. The summed E-state index contributed by atoms with van der Waals surface area (Å²) in [6.45, 7) is 0. The van der Waals surface area contributed by atoms with E-state index in [1.54, 1.807) is 0 Å². The Labute approximate surface area is 81.4 Å². The van der Waals surface area contributed by atoms with Crippen LogP contribution >= 0.6 is 0 Å². The highest BCUT2D eigenvalue weighted by Gasteiger charge is 1.80. The normalized spacial score (nSPS) is 21.5. The Morgan fingerprint density at radius 1 is 0.462 bits per heavy atom. The Bertz CT molecular complexity index is 192. The maximum atomic E-state index is 2.25. The number of rotatable bonds is 0. The third-order valence-electron chi connectivity index (χ3n) is 2.01. The molecule has 0 aromatic rings. The summed E-state index contributed by atoms with van der Waals surface area (Å²) in [6.07, 6.45) is 23.5. The highest BCUT2D eigenvalue weighted by molar-refractivity contribution is 5.06. The smallest absolute Gasteiger partial charge is 0.0313 e. The summed E-state index contributed by atoms with van der Waals surface area (Å²) < 4.78 is 0. The minimum Gasteiger partial charge on any atom is -0.0845 e. The molecule has 70 valence electrons. The van der Waals surface area contributed by atoms with E-state index in [9.17, 15) is 0 Å². The Kier molecular flexibility index (Phi) is 5.87. The van der Waals surface area contributed by atoms with Crippen LogP contribution in [0.25, 0.3) is 0 Å². The Hall–Kier alpha value is -1.04. The molecule has 0 aliphatic heterocycles. The van der Waals surface area contributed by atoms with Crippen molar-refractivity contribution in [3.05, 3.63) is 48.6 Å². The molecule has 0 saturated heterocycles. The van der Waals surface area contributed by atoms with Crippen molar-refractivity contribution in [3.63, 3.8) is 0 Å². The third kappa shape index (κ3) is 6.15. The molecule has 0 spiro atoms. The van der Waals surface area contributed by atoms with Crippen molar-refractivity contribution >= 4 is 0 Å². The predicted molar refractivity (Wildman–Crippen MR) is 59.6 cm³/mol. The van der Waals surface area contributed by atoms with Crippen LogP contribution in [0, 0.1) is 0 Å². The predicted octanol–water partition coefficient (Wildman–Crippen LogP) is 4.18. The van der Waals surface area contributed by atoms with E-state index >= 15 is 0 Å². The Morgan fingerprint density at radius 2 is 0.846 bits per heavy atom. The summed E-state index contributed by atoms with van der Waals surface area (Å²) in [5.41, 5.74) is 0. The second-order valence-corrected chi connectivity index (χ2v) is 3.22. The molecule has 0 heterocycles. The van der Waals surface area contributed by atoms with Crippen molar-refractivity contribution in [2.75, 3.05) is 0 Å². The van der Waals surface area contributed by atoms with Gasteiger partial charge in [0, 0.05) is 0 Å². The van der Waals surface area contributed by atoms with Crippen molar-refractivity contribution in [1.82, 2.24) is 0 Å². The van der Waals surface area contributed by atoms with Crippen LogP contribution in [0.3, 0.4) is 0 Å². The zero-order valence-electron chi connectivity index (χ0n) is 8.15. The Balaban J connectivity index is 2.38. The molecule has 0 unspecified atom stereocenters. The largest absolute Gasteiger partial charge is 0.0845 e. The maximum absolute atomic E-state index is 2.25. The minimum absolute atomic E-state index is 1.15. The molecule has 0 saturated carbocycles. The van der Waals surface area contributed by atoms with Crippen LogP contribution in [0.5, 0.6) is 0 Å². The first kappa shape index (κ1) is 10.0. The van der Waals surface area contributed by atoms with Gasteiger partial charge in [-0.25, -0.2) is 0 Å². The molecule has 0 N–H and O–H groups in total. The SMILES string of the molecule is C1=CCCC=C/C=C/CCCC=C1. The number of hydrogen-bond donors (Lipinski definition) is 0. The topological polar surface area (TPSA) is 0 Å². The van der Waals surface area contributed by atoms with Crippen LogP contribution in [-0.4, -0.2) is 0 Å². The first-order valence-corrected chi connectivity index (χ1v) is 5.13. The summed E-state index contributed by atoms with van der Waals surface area (Å²) in [5.74, 6) is 0. The lowest BCUT2D eigenvalue weighted by atomic mass is 10.2. The molecule has 13 heavy (non-hydrogen) atoms. The van der Waals surface area contributed by atoms with Crippen molar-refractivity contribution in [2.24, 2.45) is 0 Å². The van der Waals surface area contributed by atoms with Gasteiger partial charge in [-0.05, 0) is 32.1 Å². The fraction of sp³-hybridized carbons (Fsp3) is 0.385. The summed E-state index contributed by atoms with van der Waals surface area (Å²) >= 11 is 0. The molecule has 0 radical (unpaired) electrons. The highest BCUT2D eigenvalue weighted by Crippen LogP contribution is 2.00. The second kappa shape index (κ2) is 7.60. The molecule has 0 atom stereocenters. The molecule has 0 fully saturated rings. The average molecular weight is 174 g/mol. The molecule has 1 aliphatic rings. The first-order chi connectivity index (χ1) is 6.50. The van der Waals surface area contributed by atoms with Gasteiger partial charge in [-0.3, -0.25) is 0 Å².